The molecule has 0 amide bonds. The molecular weight excluding hydrogens is 362 g/mol. The number of carbonyl (C=O) groups excluding carboxylic acids is 1. The number of halogens is 1. The molecule has 0 spiro atoms. The molecule has 2 aromatic carbocycles. The Labute approximate surface area is 153 Å². The predicted molar refractivity (Wildman–Crippen MR) is 100 cm³/mol. The minimum atomic E-state index is -0.0136. The van der Waals surface area contributed by atoms with Crippen molar-refractivity contribution in [2.45, 2.75) is 10.9 Å². The summed E-state index contributed by atoms with van der Waals surface area (Å²) in [4.78, 5) is 16.5. The second-order valence-electron chi connectivity index (χ2n) is 4.94. The first-order valence-corrected chi connectivity index (χ1v) is 9.37. The number of carbonyl (C=O) groups is 1. The van der Waals surface area contributed by atoms with Crippen molar-refractivity contribution in [3.63, 3.8) is 0 Å². The number of thioether (sulfide) groups is 1. The first-order valence-electron chi connectivity index (χ1n) is 7.24. The van der Waals surface area contributed by atoms with E-state index in [2.05, 4.69) is 26.8 Å². The van der Waals surface area contributed by atoms with Crippen molar-refractivity contribution in [1.29, 1.82) is 0 Å². The van der Waals surface area contributed by atoms with Crippen LogP contribution in [0.15, 0.2) is 59.8 Å². The monoisotopic (exact) mass is 375 g/mol. The van der Waals surface area contributed by atoms with Gasteiger partial charge in [-0.1, -0.05) is 53.7 Å². The van der Waals surface area contributed by atoms with Crippen molar-refractivity contribution < 1.29 is 4.79 Å². The van der Waals surface area contributed by atoms with Gasteiger partial charge in [0.05, 0.1) is 6.54 Å². The van der Waals surface area contributed by atoms with Gasteiger partial charge < -0.3 is 5.32 Å². The smallest absolute Gasteiger partial charge is 0.203 e. The summed E-state index contributed by atoms with van der Waals surface area (Å²) in [6.45, 7) is 0.180. The predicted octanol–water partition coefficient (Wildman–Crippen LogP) is 4.78. The van der Waals surface area contributed by atoms with E-state index in [0.717, 1.165) is 5.75 Å². The third-order valence-electron chi connectivity index (χ3n) is 3.18. The third kappa shape index (κ3) is 4.80. The highest BCUT2D eigenvalue weighted by molar-refractivity contribution is 7.98. The van der Waals surface area contributed by atoms with Crippen LogP contribution in [0.2, 0.25) is 5.02 Å². The molecule has 0 bridgehead atoms. The number of rotatable bonds is 7. The van der Waals surface area contributed by atoms with Gasteiger partial charge in [0.15, 0.2) is 5.78 Å². The Hall–Kier alpha value is -1.89. The molecule has 0 aliphatic carbocycles. The average Bonchev–Trinajstić information content (AvgIpc) is 3.07. The molecule has 3 aromatic rings. The molecule has 0 atom stereocenters. The fourth-order valence-electron chi connectivity index (χ4n) is 1.96. The summed E-state index contributed by atoms with van der Waals surface area (Å²) in [5, 5.41) is 5.00. The number of aromatic nitrogens is 2. The van der Waals surface area contributed by atoms with Crippen molar-refractivity contribution in [2.75, 3.05) is 11.9 Å². The highest BCUT2D eigenvalue weighted by atomic mass is 35.5. The quantitative estimate of drug-likeness (QED) is 0.475. The van der Waals surface area contributed by atoms with E-state index < -0.39 is 0 Å². The second-order valence-corrected chi connectivity index (χ2v) is 7.07. The summed E-state index contributed by atoms with van der Waals surface area (Å²) < 4.78 is 4.30. The van der Waals surface area contributed by atoms with Crippen LogP contribution in [-0.4, -0.2) is 21.7 Å². The molecule has 0 unspecified atom stereocenters. The molecule has 1 aromatic heterocycles. The van der Waals surface area contributed by atoms with E-state index in [1.54, 1.807) is 36.0 Å². The zero-order chi connectivity index (χ0) is 16.8. The van der Waals surface area contributed by atoms with E-state index in [9.17, 15) is 4.79 Å². The van der Waals surface area contributed by atoms with Gasteiger partial charge in [0.25, 0.3) is 0 Å². The highest BCUT2D eigenvalue weighted by Gasteiger charge is 2.09. The number of ketones is 1. The summed E-state index contributed by atoms with van der Waals surface area (Å²) >= 11 is 8.65. The number of benzene rings is 2. The largest absolute Gasteiger partial charge is 0.353 e. The van der Waals surface area contributed by atoms with Gasteiger partial charge in [0.2, 0.25) is 10.3 Å². The lowest BCUT2D eigenvalue weighted by atomic mass is 10.1. The topological polar surface area (TPSA) is 54.9 Å². The molecule has 3 rings (SSSR count). The SMILES string of the molecule is O=C(CNc1nc(SCc2ccccc2)ns1)c1ccc(Cl)cc1. The molecule has 122 valence electrons. The Morgan fingerprint density at radius 2 is 1.88 bits per heavy atom. The van der Waals surface area contributed by atoms with Crippen LogP contribution < -0.4 is 5.32 Å². The van der Waals surface area contributed by atoms with Crippen molar-refractivity contribution in [3.8, 4) is 0 Å². The highest BCUT2D eigenvalue weighted by Crippen LogP contribution is 2.23. The van der Waals surface area contributed by atoms with Gasteiger partial charge >= 0.3 is 0 Å². The zero-order valence-corrected chi connectivity index (χ0v) is 15.0. The fourth-order valence-corrected chi connectivity index (χ4v) is 3.58. The van der Waals surface area contributed by atoms with Crippen molar-refractivity contribution in [1.82, 2.24) is 9.36 Å². The molecule has 24 heavy (non-hydrogen) atoms. The van der Waals surface area contributed by atoms with Gasteiger partial charge in [-0.05, 0) is 29.8 Å². The molecule has 0 aliphatic rings. The molecular formula is C17H14ClN3OS2. The molecule has 0 saturated heterocycles. The average molecular weight is 376 g/mol. The number of Topliss-reactive ketones (excluding diaryl/α,β-unsaturated/α-hetero) is 1. The van der Waals surface area contributed by atoms with E-state index in [0.29, 0.717) is 20.9 Å². The molecule has 4 nitrogen and oxygen atoms in total. The number of nitrogens with one attached hydrogen (secondary N) is 1. The van der Waals surface area contributed by atoms with E-state index in [1.165, 1.54) is 17.1 Å². The Morgan fingerprint density at radius 3 is 2.62 bits per heavy atom. The van der Waals surface area contributed by atoms with Crippen molar-refractivity contribution in [2.24, 2.45) is 0 Å². The maximum absolute atomic E-state index is 12.1. The number of anilines is 1. The fraction of sp³-hybridized carbons (Fsp3) is 0.118. The lowest BCUT2D eigenvalue weighted by Crippen LogP contribution is -2.13. The van der Waals surface area contributed by atoms with Crippen LogP contribution in [0.5, 0.6) is 0 Å². The number of hydrogen-bond acceptors (Lipinski definition) is 6. The summed E-state index contributed by atoms with van der Waals surface area (Å²) in [6.07, 6.45) is 0. The summed E-state index contributed by atoms with van der Waals surface area (Å²) in [5.41, 5.74) is 1.85. The summed E-state index contributed by atoms with van der Waals surface area (Å²) in [6, 6.07) is 17.0. The Balaban J connectivity index is 1.50. The van der Waals surface area contributed by atoms with Crippen LogP contribution in [0.25, 0.3) is 0 Å². The molecule has 7 heteroatoms. The Morgan fingerprint density at radius 1 is 1.12 bits per heavy atom. The van der Waals surface area contributed by atoms with Gasteiger partial charge in [0.1, 0.15) is 0 Å². The lowest BCUT2D eigenvalue weighted by Gasteiger charge is -2.02. The normalized spacial score (nSPS) is 10.5. The van der Waals surface area contributed by atoms with Gasteiger partial charge in [-0.2, -0.15) is 9.36 Å². The molecule has 0 fully saturated rings. The Bertz CT molecular complexity index is 806. The van der Waals surface area contributed by atoms with Crippen LogP contribution in [0, 0.1) is 0 Å². The standard InChI is InChI=1S/C17H14ClN3OS2/c18-14-8-6-13(7-9-14)15(22)10-19-16-20-17(21-24-16)23-11-12-4-2-1-3-5-12/h1-9H,10-11H2,(H,19,20,21). The van der Waals surface area contributed by atoms with Gasteiger partial charge in [-0.25, -0.2) is 0 Å². The molecule has 0 aliphatic heterocycles. The zero-order valence-electron chi connectivity index (χ0n) is 12.6. The van der Waals surface area contributed by atoms with E-state index in [4.69, 9.17) is 11.6 Å². The van der Waals surface area contributed by atoms with Crippen LogP contribution in [0.3, 0.4) is 0 Å². The van der Waals surface area contributed by atoms with E-state index in [1.807, 2.05) is 18.2 Å². The molecule has 1 N–H and O–H groups in total. The van der Waals surface area contributed by atoms with Gasteiger partial charge in [0, 0.05) is 27.9 Å². The first kappa shape index (κ1) is 17.0. The lowest BCUT2D eigenvalue weighted by molar-refractivity contribution is 0.101. The number of nitrogens with zero attached hydrogens (tertiary/aromatic N) is 2. The minimum Gasteiger partial charge on any atom is -0.353 e. The Kier molecular flexibility index (Phi) is 5.85. The minimum absolute atomic E-state index is 0.0136. The van der Waals surface area contributed by atoms with Gasteiger partial charge in [-0.15, -0.1) is 0 Å². The summed E-state index contributed by atoms with van der Waals surface area (Å²) in [5.74, 6) is 0.807. The number of hydrogen-bond donors (Lipinski definition) is 1. The van der Waals surface area contributed by atoms with Crippen molar-refractivity contribution in [3.05, 3.63) is 70.7 Å². The van der Waals surface area contributed by atoms with Gasteiger partial charge in [-0.3, -0.25) is 4.79 Å². The molecule has 1 heterocycles. The maximum atomic E-state index is 12.1. The van der Waals surface area contributed by atoms with E-state index >= 15 is 0 Å². The second kappa shape index (κ2) is 8.28. The van der Waals surface area contributed by atoms with Crippen molar-refractivity contribution >= 4 is 45.8 Å². The van der Waals surface area contributed by atoms with Crippen LogP contribution >= 0.6 is 34.9 Å². The van der Waals surface area contributed by atoms with Crippen LogP contribution in [0.1, 0.15) is 15.9 Å². The molecule has 0 saturated carbocycles. The van der Waals surface area contributed by atoms with Crippen LogP contribution in [0.4, 0.5) is 5.13 Å². The maximum Gasteiger partial charge on any atom is 0.203 e. The molecule has 0 radical (unpaired) electrons. The van der Waals surface area contributed by atoms with E-state index in [-0.39, 0.29) is 12.3 Å². The van der Waals surface area contributed by atoms with Crippen LogP contribution in [-0.2, 0) is 5.75 Å². The third-order valence-corrected chi connectivity index (χ3v) is 5.14. The summed E-state index contributed by atoms with van der Waals surface area (Å²) in [7, 11) is 0. The first-order chi connectivity index (χ1) is 11.7.